The molecule has 0 fully saturated rings. The molecule has 0 heterocycles. The van der Waals surface area contributed by atoms with Gasteiger partial charge in [-0.15, -0.1) is 0 Å². The number of aliphatic hydroxyl groups is 1. The Labute approximate surface area is 117 Å². The third-order valence-corrected chi connectivity index (χ3v) is 3.25. The van der Waals surface area contributed by atoms with Crippen LogP contribution in [0.15, 0.2) is 22.7 Å². The van der Waals surface area contributed by atoms with Gasteiger partial charge in [-0.05, 0) is 24.6 Å². The molecule has 18 heavy (non-hydrogen) atoms. The summed E-state index contributed by atoms with van der Waals surface area (Å²) in [5.41, 5.74) is 8.11. The summed E-state index contributed by atoms with van der Waals surface area (Å²) in [6.07, 6.45) is 0. The average molecular weight is 317 g/mol. The molecule has 3 N–H and O–H groups in total. The molecule has 0 aromatic heterocycles. The summed E-state index contributed by atoms with van der Waals surface area (Å²) in [4.78, 5) is 2.09. The summed E-state index contributed by atoms with van der Waals surface area (Å²) in [5.74, 6) is 0. The monoisotopic (exact) mass is 316 g/mol. The van der Waals surface area contributed by atoms with Crippen molar-refractivity contribution in [2.75, 3.05) is 38.3 Å². The van der Waals surface area contributed by atoms with Crippen LogP contribution in [0.2, 0.25) is 0 Å². The highest BCUT2D eigenvalue weighted by molar-refractivity contribution is 9.10. The van der Waals surface area contributed by atoms with Crippen molar-refractivity contribution in [2.24, 2.45) is 5.73 Å². The number of hydrogen-bond acceptors (Lipinski definition) is 4. The molecule has 1 rings (SSSR count). The van der Waals surface area contributed by atoms with Crippen LogP contribution in [-0.2, 0) is 4.74 Å². The molecule has 0 amide bonds. The zero-order valence-corrected chi connectivity index (χ0v) is 12.5. The predicted octanol–water partition coefficient (Wildman–Crippen LogP) is 1.91. The van der Waals surface area contributed by atoms with E-state index in [1.54, 1.807) is 7.11 Å². The van der Waals surface area contributed by atoms with Gasteiger partial charge < -0.3 is 20.5 Å². The first-order valence-electron chi connectivity index (χ1n) is 6.00. The van der Waals surface area contributed by atoms with Crippen molar-refractivity contribution in [2.45, 2.75) is 13.0 Å². The number of nitrogens with two attached hydrogens (primary N) is 1. The predicted molar refractivity (Wildman–Crippen MR) is 77.9 cm³/mol. The van der Waals surface area contributed by atoms with Gasteiger partial charge in [0, 0.05) is 36.4 Å². The topological polar surface area (TPSA) is 58.7 Å². The Kier molecular flexibility index (Phi) is 6.63. The summed E-state index contributed by atoms with van der Waals surface area (Å²) in [6.45, 7) is 3.98. The summed E-state index contributed by atoms with van der Waals surface area (Å²) >= 11 is 3.47. The fourth-order valence-electron chi connectivity index (χ4n) is 1.85. The van der Waals surface area contributed by atoms with Crippen molar-refractivity contribution >= 4 is 21.6 Å². The molecule has 0 aliphatic rings. The van der Waals surface area contributed by atoms with Gasteiger partial charge in [-0.2, -0.15) is 0 Å². The van der Waals surface area contributed by atoms with Gasteiger partial charge in [-0.25, -0.2) is 0 Å². The lowest BCUT2D eigenvalue weighted by Gasteiger charge is -2.27. The second-order valence-electron chi connectivity index (χ2n) is 4.20. The normalized spacial score (nSPS) is 12.5. The van der Waals surface area contributed by atoms with Crippen molar-refractivity contribution in [3.63, 3.8) is 0 Å². The molecule has 4 nitrogen and oxygen atoms in total. The fraction of sp³-hybridized carbons (Fsp3) is 0.538. The van der Waals surface area contributed by atoms with E-state index in [-0.39, 0.29) is 12.6 Å². The molecule has 1 aromatic rings. The Bertz CT molecular complexity index is 372. The Morgan fingerprint density at radius 1 is 1.44 bits per heavy atom. The number of halogens is 1. The standard InChI is InChI=1S/C13H21BrN2O2/c1-10(15)12-4-3-11(14)9-13(12)16(5-7-17)6-8-18-2/h3-4,9-10,17H,5-8,15H2,1-2H3. The second-order valence-corrected chi connectivity index (χ2v) is 5.11. The molecule has 0 saturated heterocycles. The van der Waals surface area contributed by atoms with E-state index in [0.717, 1.165) is 22.3 Å². The first-order valence-corrected chi connectivity index (χ1v) is 6.79. The Morgan fingerprint density at radius 2 is 2.17 bits per heavy atom. The molecule has 5 heteroatoms. The molecular weight excluding hydrogens is 296 g/mol. The van der Waals surface area contributed by atoms with Crippen LogP contribution < -0.4 is 10.6 Å². The summed E-state index contributed by atoms with van der Waals surface area (Å²) in [6, 6.07) is 5.98. The van der Waals surface area contributed by atoms with Gasteiger partial charge in [0.05, 0.1) is 13.2 Å². The van der Waals surface area contributed by atoms with Crippen molar-refractivity contribution in [3.05, 3.63) is 28.2 Å². The highest BCUT2D eigenvalue weighted by Crippen LogP contribution is 2.28. The lowest BCUT2D eigenvalue weighted by molar-refractivity contribution is 0.203. The van der Waals surface area contributed by atoms with E-state index in [0.29, 0.717) is 13.2 Å². The summed E-state index contributed by atoms with van der Waals surface area (Å²) < 4.78 is 6.11. The van der Waals surface area contributed by atoms with Crippen LogP contribution in [0.1, 0.15) is 18.5 Å². The Morgan fingerprint density at radius 3 is 2.72 bits per heavy atom. The number of anilines is 1. The molecule has 0 aliphatic carbocycles. The maximum Gasteiger partial charge on any atom is 0.0637 e. The van der Waals surface area contributed by atoms with Crippen molar-refractivity contribution in [1.82, 2.24) is 0 Å². The maximum atomic E-state index is 9.17. The second kappa shape index (κ2) is 7.74. The van der Waals surface area contributed by atoms with E-state index in [2.05, 4.69) is 20.8 Å². The van der Waals surface area contributed by atoms with Crippen molar-refractivity contribution in [1.29, 1.82) is 0 Å². The number of methoxy groups -OCH3 is 1. The number of hydrogen-bond donors (Lipinski definition) is 2. The SMILES string of the molecule is COCCN(CCO)c1cc(Br)ccc1C(C)N. The molecule has 0 saturated carbocycles. The van der Waals surface area contributed by atoms with E-state index in [9.17, 15) is 5.11 Å². The minimum atomic E-state index is -0.0446. The number of aliphatic hydroxyl groups excluding tert-OH is 1. The van der Waals surface area contributed by atoms with Gasteiger partial charge in [0.1, 0.15) is 0 Å². The zero-order chi connectivity index (χ0) is 13.5. The third kappa shape index (κ3) is 4.24. The number of ether oxygens (including phenoxy) is 1. The first-order chi connectivity index (χ1) is 8.60. The summed E-state index contributed by atoms with van der Waals surface area (Å²) in [5, 5.41) is 9.17. The number of rotatable bonds is 7. The van der Waals surface area contributed by atoms with Gasteiger partial charge in [0.15, 0.2) is 0 Å². The van der Waals surface area contributed by atoms with Crippen molar-refractivity contribution < 1.29 is 9.84 Å². The molecule has 0 aliphatic heterocycles. The van der Waals surface area contributed by atoms with E-state index in [4.69, 9.17) is 10.5 Å². The first kappa shape index (κ1) is 15.4. The Balaban J connectivity index is 3.03. The summed E-state index contributed by atoms with van der Waals surface area (Å²) in [7, 11) is 1.67. The zero-order valence-electron chi connectivity index (χ0n) is 10.9. The fourth-order valence-corrected chi connectivity index (χ4v) is 2.20. The quantitative estimate of drug-likeness (QED) is 0.807. The van der Waals surface area contributed by atoms with E-state index < -0.39 is 0 Å². The van der Waals surface area contributed by atoms with Gasteiger partial charge in [0.2, 0.25) is 0 Å². The van der Waals surface area contributed by atoms with E-state index in [1.807, 2.05) is 25.1 Å². The largest absolute Gasteiger partial charge is 0.395 e. The minimum absolute atomic E-state index is 0.0446. The molecule has 1 atom stereocenters. The molecule has 0 radical (unpaired) electrons. The number of nitrogens with zero attached hydrogens (tertiary/aromatic N) is 1. The Hall–Kier alpha value is -0.620. The molecule has 102 valence electrons. The van der Waals surface area contributed by atoms with Crippen molar-refractivity contribution in [3.8, 4) is 0 Å². The average Bonchev–Trinajstić information content (AvgIpc) is 2.34. The van der Waals surface area contributed by atoms with Crippen LogP contribution in [0.25, 0.3) is 0 Å². The number of benzene rings is 1. The maximum absolute atomic E-state index is 9.17. The van der Waals surface area contributed by atoms with Crippen LogP contribution in [0.3, 0.4) is 0 Å². The molecule has 1 aromatic carbocycles. The van der Waals surface area contributed by atoms with Crippen LogP contribution in [0.5, 0.6) is 0 Å². The van der Waals surface area contributed by atoms with Gasteiger partial charge in [0.25, 0.3) is 0 Å². The third-order valence-electron chi connectivity index (χ3n) is 2.76. The molecular formula is C13H21BrN2O2. The van der Waals surface area contributed by atoms with Crippen LogP contribution in [0.4, 0.5) is 5.69 Å². The van der Waals surface area contributed by atoms with E-state index >= 15 is 0 Å². The van der Waals surface area contributed by atoms with Gasteiger partial charge >= 0.3 is 0 Å². The van der Waals surface area contributed by atoms with Gasteiger partial charge in [-0.1, -0.05) is 22.0 Å². The van der Waals surface area contributed by atoms with Gasteiger partial charge in [-0.3, -0.25) is 0 Å². The highest BCUT2D eigenvalue weighted by Gasteiger charge is 2.13. The lowest BCUT2D eigenvalue weighted by atomic mass is 10.1. The lowest BCUT2D eigenvalue weighted by Crippen LogP contribution is -2.31. The molecule has 0 spiro atoms. The van der Waals surface area contributed by atoms with Crippen LogP contribution in [0, 0.1) is 0 Å². The smallest absolute Gasteiger partial charge is 0.0637 e. The highest BCUT2D eigenvalue weighted by atomic mass is 79.9. The molecule has 1 unspecified atom stereocenters. The van der Waals surface area contributed by atoms with Crippen LogP contribution >= 0.6 is 15.9 Å². The van der Waals surface area contributed by atoms with Crippen LogP contribution in [-0.4, -0.2) is 38.5 Å². The molecule has 0 bridgehead atoms. The minimum Gasteiger partial charge on any atom is -0.395 e. The van der Waals surface area contributed by atoms with E-state index in [1.165, 1.54) is 0 Å².